The first-order valence-electron chi connectivity index (χ1n) is 12.3. The van der Waals surface area contributed by atoms with Crippen molar-refractivity contribution in [1.82, 2.24) is 4.31 Å². The van der Waals surface area contributed by atoms with Crippen LogP contribution in [0.4, 0.5) is 11.4 Å². The number of anilines is 2. The van der Waals surface area contributed by atoms with Crippen LogP contribution in [0.25, 0.3) is 0 Å². The molecule has 11 heteroatoms. The van der Waals surface area contributed by atoms with E-state index < -0.39 is 32.5 Å². The van der Waals surface area contributed by atoms with Gasteiger partial charge in [-0.15, -0.1) is 0 Å². The lowest BCUT2D eigenvalue weighted by molar-refractivity contribution is -0.114. The third-order valence-corrected chi connectivity index (χ3v) is 9.20. The fourth-order valence-corrected chi connectivity index (χ4v) is 6.52. The number of ether oxygens (including phenoxy) is 1. The number of piperidine rings is 1. The van der Waals surface area contributed by atoms with Crippen molar-refractivity contribution in [3.8, 4) is 5.75 Å². The zero-order chi connectivity index (χ0) is 27.2. The summed E-state index contributed by atoms with van der Waals surface area (Å²) in [6.45, 7) is 0.929. The van der Waals surface area contributed by atoms with E-state index in [9.17, 15) is 21.6 Å². The minimum absolute atomic E-state index is 0.157. The Balaban J connectivity index is 1.39. The lowest BCUT2D eigenvalue weighted by Gasteiger charge is -2.26. The lowest BCUT2D eigenvalue weighted by atomic mass is 10.2. The van der Waals surface area contributed by atoms with Crippen LogP contribution < -0.4 is 14.4 Å². The largest absolute Gasteiger partial charge is 0.489 e. The van der Waals surface area contributed by atoms with Gasteiger partial charge in [0.1, 0.15) is 18.9 Å². The van der Waals surface area contributed by atoms with E-state index in [0.717, 1.165) is 35.4 Å². The molecular formula is C27H31N3O6S2. The number of rotatable bonds is 10. The fraction of sp³-hybridized carbons (Fsp3) is 0.296. The molecule has 0 unspecified atom stereocenters. The van der Waals surface area contributed by atoms with Crippen LogP contribution in [0.1, 0.15) is 24.8 Å². The molecule has 9 nitrogen and oxygen atoms in total. The molecule has 1 amide bonds. The predicted octanol–water partition coefficient (Wildman–Crippen LogP) is 3.84. The number of nitrogens with one attached hydrogen (secondary N) is 1. The van der Waals surface area contributed by atoms with Crippen molar-refractivity contribution in [2.45, 2.75) is 30.8 Å². The van der Waals surface area contributed by atoms with Crippen LogP contribution >= 0.6 is 0 Å². The monoisotopic (exact) mass is 557 g/mol. The van der Waals surface area contributed by atoms with Gasteiger partial charge in [0, 0.05) is 18.8 Å². The summed E-state index contributed by atoms with van der Waals surface area (Å²) in [5.74, 6) is 0.00145. The van der Waals surface area contributed by atoms with E-state index in [1.165, 1.54) is 28.6 Å². The minimum atomic E-state index is -3.77. The Hall–Kier alpha value is -3.41. The van der Waals surface area contributed by atoms with Crippen molar-refractivity contribution in [1.29, 1.82) is 0 Å². The number of sulfonamides is 2. The SMILES string of the molecule is CS(=O)(=O)N(CC(=O)Nc1ccc(S(=O)(=O)N2CCCCC2)cc1)c1ccc(OCc2ccccc2)cc1. The molecule has 38 heavy (non-hydrogen) atoms. The number of hydrogen-bond donors (Lipinski definition) is 1. The Labute approximate surface area is 224 Å². The van der Waals surface area contributed by atoms with E-state index in [0.29, 0.717) is 36.8 Å². The summed E-state index contributed by atoms with van der Waals surface area (Å²) in [7, 11) is -7.35. The molecule has 1 N–H and O–H groups in total. The second kappa shape index (κ2) is 12.0. The third-order valence-electron chi connectivity index (χ3n) is 6.15. The molecule has 1 aliphatic rings. The minimum Gasteiger partial charge on any atom is -0.489 e. The van der Waals surface area contributed by atoms with E-state index in [1.54, 1.807) is 24.3 Å². The smallest absolute Gasteiger partial charge is 0.245 e. The van der Waals surface area contributed by atoms with Gasteiger partial charge in [-0.1, -0.05) is 36.8 Å². The molecule has 0 bridgehead atoms. The number of hydrogen-bond acceptors (Lipinski definition) is 6. The first-order chi connectivity index (χ1) is 18.1. The second-order valence-corrected chi connectivity index (χ2v) is 12.9. The topological polar surface area (TPSA) is 113 Å². The van der Waals surface area contributed by atoms with Gasteiger partial charge in [-0.05, 0) is 66.9 Å². The van der Waals surface area contributed by atoms with Gasteiger partial charge in [-0.2, -0.15) is 4.31 Å². The van der Waals surface area contributed by atoms with Crippen molar-refractivity contribution in [3.63, 3.8) is 0 Å². The standard InChI is InChI=1S/C27H31N3O6S2/c1-37(32,33)30(24-12-14-25(15-13-24)36-21-22-8-4-2-5-9-22)20-27(31)28-23-10-16-26(17-11-23)38(34,35)29-18-6-3-7-19-29/h2,4-5,8-17H,3,6-7,18-21H2,1H3,(H,28,31). The first-order valence-corrected chi connectivity index (χ1v) is 15.6. The van der Waals surface area contributed by atoms with Crippen LogP contribution in [0, 0.1) is 0 Å². The lowest BCUT2D eigenvalue weighted by Crippen LogP contribution is -2.37. The average molecular weight is 558 g/mol. The molecule has 1 saturated heterocycles. The summed E-state index contributed by atoms with van der Waals surface area (Å²) >= 11 is 0. The van der Waals surface area contributed by atoms with E-state index in [-0.39, 0.29) is 4.90 Å². The van der Waals surface area contributed by atoms with Crippen molar-refractivity contribution >= 4 is 37.3 Å². The highest BCUT2D eigenvalue weighted by molar-refractivity contribution is 7.92. The Morgan fingerprint density at radius 1 is 0.868 bits per heavy atom. The molecule has 3 aromatic rings. The molecule has 0 spiro atoms. The number of amides is 1. The van der Waals surface area contributed by atoms with E-state index in [1.807, 2.05) is 30.3 Å². The van der Waals surface area contributed by atoms with E-state index in [2.05, 4.69) is 5.32 Å². The normalized spacial score (nSPS) is 14.6. The predicted molar refractivity (Wildman–Crippen MR) is 147 cm³/mol. The highest BCUT2D eigenvalue weighted by Crippen LogP contribution is 2.24. The molecule has 1 heterocycles. The van der Waals surface area contributed by atoms with Crippen LogP contribution in [0.15, 0.2) is 83.8 Å². The first kappa shape index (κ1) is 27.6. The maximum atomic E-state index is 12.8. The summed E-state index contributed by atoms with van der Waals surface area (Å²) in [5.41, 5.74) is 1.69. The molecule has 3 aromatic carbocycles. The maximum absolute atomic E-state index is 12.8. The Bertz CT molecular complexity index is 1440. The Kier molecular flexibility index (Phi) is 8.70. The maximum Gasteiger partial charge on any atom is 0.245 e. The molecule has 202 valence electrons. The summed E-state index contributed by atoms with van der Waals surface area (Å²) < 4.78 is 58.8. The van der Waals surface area contributed by atoms with Gasteiger partial charge < -0.3 is 10.1 Å². The van der Waals surface area contributed by atoms with E-state index >= 15 is 0 Å². The molecule has 0 aromatic heterocycles. The summed E-state index contributed by atoms with van der Waals surface area (Å²) in [6.07, 6.45) is 3.73. The summed E-state index contributed by atoms with van der Waals surface area (Å²) in [5, 5.41) is 2.64. The molecule has 0 radical (unpaired) electrons. The highest BCUT2D eigenvalue weighted by atomic mass is 32.2. The van der Waals surface area contributed by atoms with Gasteiger partial charge in [0.2, 0.25) is 26.0 Å². The highest BCUT2D eigenvalue weighted by Gasteiger charge is 2.26. The van der Waals surface area contributed by atoms with Crippen molar-refractivity contribution in [3.05, 3.63) is 84.4 Å². The molecule has 4 rings (SSSR count). The van der Waals surface area contributed by atoms with Crippen LogP contribution in [-0.4, -0.2) is 52.9 Å². The molecule has 0 atom stereocenters. The zero-order valence-corrected chi connectivity index (χ0v) is 22.7. The molecule has 1 fully saturated rings. The molecular weight excluding hydrogens is 526 g/mol. The molecule has 0 aliphatic carbocycles. The number of nitrogens with zero attached hydrogens (tertiary/aromatic N) is 2. The summed E-state index contributed by atoms with van der Waals surface area (Å²) in [6, 6.07) is 22.0. The van der Waals surface area contributed by atoms with Crippen LogP contribution in [-0.2, 0) is 31.4 Å². The van der Waals surface area contributed by atoms with Gasteiger partial charge in [0.25, 0.3) is 0 Å². The zero-order valence-electron chi connectivity index (χ0n) is 21.1. The molecule has 0 saturated carbocycles. The third kappa shape index (κ3) is 7.12. The fourth-order valence-electron chi connectivity index (χ4n) is 4.15. The molecule has 1 aliphatic heterocycles. The van der Waals surface area contributed by atoms with E-state index in [4.69, 9.17) is 4.74 Å². The van der Waals surface area contributed by atoms with Crippen molar-refractivity contribution < 1.29 is 26.4 Å². The average Bonchev–Trinajstić information content (AvgIpc) is 2.92. The van der Waals surface area contributed by atoms with Crippen molar-refractivity contribution in [2.24, 2.45) is 0 Å². The number of carbonyl (C=O) groups excluding carboxylic acids is 1. The quantitative estimate of drug-likeness (QED) is 0.405. The Morgan fingerprint density at radius 3 is 2.11 bits per heavy atom. The number of carbonyl (C=O) groups is 1. The van der Waals surface area contributed by atoms with Gasteiger partial charge >= 0.3 is 0 Å². The van der Waals surface area contributed by atoms with Crippen LogP contribution in [0.2, 0.25) is 0 Å². The number of benzene rings is 3. The Morgan fingerprint density at radius 2 is 1.50 bits per heavy atom. The van der Waals surface area contributed by atoms with Crippen LogP contribution in [0.3, 0.4) is 0 Å². The van der Waals surface area contributed by atoms with Crippen LogP contribution in [0.5, 0.6) is 5.75 Å². The van der Waals surface area contributed by atoms with Gasteiger partial charge in [0.15, 0.2) is 0 Å². The van der Waals surface area contributed by atoms with Gasteiger partial charge in [-0.25, -0.2) is 16.8 Å². The van der Waals surface area contributed by atoms with Crippen molar-refractivity contribution in [2.75, 3.05) is 35.5 Å². The summed E-state index contributed by atoms with van der Waals surface area (Å²) in [4.78, 5) is 12.9. The second-order valence-electron chi connectivity index (χ2n) is 9.08. The van der Waals surface area contributed by atoms with Gasteiger partial charge in [0.05, 0.1) is 16.8 Å². The van der Waals surface area contributed by atoms with Gasteiger partial charge in [-0.3, -0.25) is 9.10 Å².